The maximum Gasteiger partial charge on any atom is 0.146 e. The molecule has 0 spiro atoms. The first-order valence-corrected chi connectivity index (χ1v) is 4.36. The molecule has 0 radical (unpaired) electrons. The largest absolute Gasteiger partial charge is 0.329 e. The Hall–Kier alpha value is -0.640. The molecule has 72 valence electrons. The molecule has 2 nitrogen and oxygen atoms in total. The molecule has 0 heterocycles. The van der Waals surface area contributed by atoms with Gasteiger partial charge in [0.05, 0.1) is 5.02 Å². The van der Waals surface area contributed by atoms with Crippen LogP contribution in [0.2, 0.25) is 5.02 Å². The number of benzene rings is 1. The minimum Gasteiger partial charge on any atom is -0.329 e. The lowest BCUT2D eigenvalue weighted by atomic mass is 10.0. The third-order valence-corrected chi connectivity index (χ3v) is 2.27. The maximum atomic E-state index is 13.4. The summed E-state index contributed by atoms with van der Waals surface area (Å²) in [4.78, 5) is 0. The van der Waals surface area contributed by atoms with Crippen molar-refractivity contribution in [3.8, 4) is 0 Å². The highest BCUT2D eigenvalue weighted by Gasteiger charge is 2.15. The van der Waals surface area contributed by atoms with Gasteiger partial charge >= 0.3 is 0 Å². The van der Waals surface area contributed by atoms with Gasteiger partial charge in [-0.15, -0.1) is 0 Å². The van der Waals surface area contributed by atoms with Crippen molar-refractivity contribution >= 4 is 11.6 Å². The zero-order valence-electron chi connectivity index (χ0n) is 7.35. The topological polar surface area (TPSA) is 52.0 Å². The van der Waals surface area contributed by atoms with E-state index in [1.165, 1.54) is 6.07 Å². The van der Waals surface area contributed by atoms with E-state index in [1.807, 2.05) is 0 Å². The Bertz CT molecular complexity index is 315. The fourth-order valence-electron chi connectivity index (χ4n) is 1.24. The first kappa shape index (κ1) is 10.4. The van der Waals surface area contributed by atoms with Gasteiger partial charge in [-0.3, -0.25) is 0 Å². The zero-order chi connectivity index (χ0) is 10.0. The number of hydrogen-bond donors (Lipinski definition) is 2. The smallest absolute Gasteiger partial charge is 0.146 e. The molecule has 1 aromatic rings. The van der Waals surface area contributed by atoms with E-state index in [0.717, 1.165) is 5.56 Å². The van der Waals surface area contributed by atoms with Crippen LogP contribution in [0.5, 0.6) is 0 Å². The predicted molar refractivity (Wildman–Crippen MR) is 52.1 cm³/mol. The molecular weight excluding hydrogens is 191 g/mol. The Morgan fingerprint density at radius 1 is 1.54 bits per heavy atom. The standard InChI is InChI=1S/C9H12ClFN2/c1-5-2-3-6(10)9(11)8(5)7(13)4-12/h2-3,7H,4,12-13H2,1H3/t7-/m1/s1. The fourth-order valence-corrected chi connectivity index (χ4v) is 1.40. The van der Waals surface area contributed by atoms with Crippen molar-refractivity contribution in [2.75, 3.05) is 6.54 Å². The molecule has 1 atom stereocenters. The average Bonchev–Trinajstić information content (AvgIpc) is 2.12. The normalized spacial score (nSPS) is 13.0. The molecule has 13 heavy (non-hydrogen) atoms. The Kier molecular flexibility index (Phi) is 3.25. The van der Waals surface area contributed by atoms with Gasteiger partial charge in [0.2, 0.25) is 0 Å². The van der Waals surface area contributed by atoms with Crippen LogP contribution in [0.1, 0.15) is 17.2 Å². The second kappa shape index (κ2) is 4.05. The summed E-state index contributed by atoms with van der Waals surface area (Å²) in [5, 5.41) is 0.0875. The number of hydrogen-bond acceptors (Lipinski definition) is 2. The Morgan fingerprint density at radius 2 is 2.15 bits per heavy atom. The van der Waals surface area contributed by atoms with Crippen LogP contribution in [0.3, 0.4) is 0 Å². The Balaban J connectivity index is 3.25. The molecule has 0 amide bonds. The molecule has 0 fully saturated rings. The zero-order valence-corrected chi connectivity index (χ0v) is 8.11. The summed E-state index contributed by atoms with van der Waals surface area (Å²) < 4.78 is 13.4. The molecule has 0 aliphatic heterocycles. The molecule has 4 heteroatoms. The van der Waals surface area contributed by atoms with Crippen molar-refractivity contribution in [2.24, 2.45) is 11.5 Å². The lowest BCUT2D eigenvalue weighted by Crippen LogP contribution is -2.23. The quantitative estimate of drug-likeness (QED) is 0.768. The lowest BCUT2D eigenvalue weighted by molar-refractivity contribution is 0.581. The van der Waals surface area contributed by atoms with Crippen LogP contribution in [0.25, 0.3) is 0 Å². The molecular formula is C9H12ClFN2. The van der Waals surface area contributed by atoms with Gasteiger partial charge in [0, 0.05) is 18.2 Å². The van der Waals surface area contributed by atoms with Crippen LogP contribution < -0.4 is 11.5 Å². The van der Waals surface area contributed by atoms with E-state index in [9.17, 15) is 4.39 Å². The first-order chi connectivity index (χ1) is 6.07. The number of nitrogens with two attached hydrogens (primary N) is 2. The third kappa shape index (κ3) is 1.99. The van der Waals surface area contributed by atoms with E-state index < -0.39 is 11.9 Å². The van der Waals surface area contributed by atoms with E-state index in [2.05, 4.69) is 0 Å². The summed E-state index contributed by atoms with van der Waals surface area (Å²) in [6, 6.07) is 2.76. The van der Waals surface area contributed by atoms with E-state index in [-0.39, 0.29) is 11.6 Å². The second-order valence-electron chi connectivity index (χ2n) is 2.93. The van der Waals surface area contributed by atoms with Crippen LogP contribution in [-0.4, -0.2) is 6.54 Å². The SMILES string of the molecule is Cc1ccc(Cl)c(F)c1[C@H](N)CN. The Morgan fingerprint density at radius 3 is 2.69 bits per heavy atom. The first-order valence-electron chi connectivity index (χ1n) is 3.98. The van der Waals surface area contributed by atoms with E-state index >= 15 is 0 Å². The summed E-state index contributed by atoms with van der Waals surface area (Å²) in [5.41, 5.74) is 12.2. The molecule has 1 aromatic carbocycles. The van der Waals surface area contributed by atoms with Gasteiger partial charge in [-0.25, -0.2) is 4.39 Å². The van der Waals surface area contributed by atoms with Crippen molar-refractivity contribution in [3.05, 3.63) is 34.1 Å². The molecule has 0 aliphatic carbocycles. The maximum absolute atomic E-state index is 13.4. The average molecular weight is 203 g/mol. The fraction of sp³-hybridized carbons (Fsp3) is 0.333. The molecule has 0 saturated carbocycles. The molecule has 0 bridgehead atoms. The van der Waals surface area contributed by atoms with Crippen LogP contribution >= 0.6 is 11.6 Å². The van der Waals surface area contributed by atoms with Gasteiger partial charge in [-0.1, -0.05) is 17.7 Å². The van der Waals surface area contributed by atoms with E-state index in [4.69, 9.17) is 23.1 Å². The number of rotatable bonds is 2. The van der Waals surface area contributed by atoms with E-state index in [1.54, 1.807) is 13.0 Å². The van der Waals surface area contributed by atoms with Crippen LogP contribution in [0.4, 0.5) is 4.39 Å². The van der Waals surface area contributed by atoms with Gasteiger partial charge < -0.3 is 11.5 Å². The van der Waals surface area contributed by atoms with E-state index in [0.29, 0.717) is 5.56 Å². The van der Waals surface area contributed by atoms with Crippen molar-refractivity contribution < 1.29 is 4.39 Å². The van der Waals surface area contributed by atoms with Crippen molar-refractivity contribution in [3.63, 3.8) is 0 Å². The molecule has 1 rings (SSSR count). The summed E-state index contributed by atoms with van der Waals surface area (Å²) in [6.45, 7) is 1.99. The Labute approximate surface area is 81.7 Å². The van der Waals surface area contributed by atoms with Gasteiger partial charge in [-0.2, -0.15) is 0 Å². The van der Waals surface area contributed by atoms with Crippen LogP contribution in [0.15, 0.2) is 12.1 Å². The van der Waals surface area contributed by atoms with Crippen molar-refractivity contribution in [1.82, 2.24) is 0 Å². The van der Waals surface area contributed by atoms with Gasteiger partial charge in [-0.05, 0) is 18.6 Å². The van der Waals surface area contributed by atoms with Gasteiger partial charge in [0.25, 0.3) is 0 Å². The second-order valence-corrected chi connectivity index (χ2v) is 3.34. The summed E-state index contributed by atoms with van der Waals surface area (Å²) >= 11 is 5.62. The molecule has 0 aliphatic rings. The predicted octanol–water partition coefficient (Wildman–Crippen LogP) is 1.75. The highest BCUT2D eigenvalue weighted by molar-refractivity contribution is 6.30. The van der Waals surface area contributed by atoms with Crippen LogP contribution in [0, 0.1) is 12.7 Å². The minimum absolute atomic E-state index is 0.0875. The molecule has 4 N–H and O–H groups in total. The third-order valence-electron chi connectivity index (χ3n) is 1.98. The van der Waals surface area contributed by atoms with Gasteiger partial charge in [0.1, 0.15) is 5.82 Å². The lowest BCUT2D eigenvalue weighted by Gasteiger charge is -2.14. The minimum atomic E-state index is -0.487. The number of halogens is 2. The monoisotopic (exact) mass is 202 g/mol. The number of aryl methyl sites for hydroxylation is 1. The highest BCUT2D eigenvalue weighted by Crippen LogP contribution is 2.25. The summed E-state index contributed by atoms with van der Waals surface area (Å²) in [5.74, 6) is -0.459. The summed E-state index contributed by atoms with van der Waals surface area (Å²) in [6.07, 6.45) is 0. The molecule has 0 unspecified atom stereocenters. The summed E-state index contributed by atoms with van der Waals surface area (Å²) in [7, 11) is 0. The highest BCUT2D eigenvalue weighted by atomic mass is 35.5. The van der Waals surface area contributed by atoms with Crippen LogP contribution in [-0.2, 0) is 0 Å². The molecule has 0 saturated heterocycles. The van der Waals surface area contributed by atoms with Crippen molar-refractivity contribution in [1.29, 1.82) is 0 Å². The van der Waals surface area contributed by atoms with Gasteiger partial charge in [0.15, 0.2) is 0 Å². The molecule has 0 aromatic heterocycles. The van der Waals surface area contributed by atoms with Crippen molar-refractivity contribution in [2.45, 2.75) is 13.0 Å².